The Balaban J connectivity index is 1.68. The minimum atomic E-state index is -0.515. The van der Waals surface area contributed by atoms with Crippen LogP contribution in [0.2, 0.25) is 0 Å². The third-order valence-corrected chi connectivity index (χ3v) is 4.07. The van der Waals surface area contributed by atoms with E-state index < -0.39 is 6.10 Å². The predicted octanol–water partition coefficient (Wildman–Crippen LogP) is 2.08. The van der Waals surface area contributed by atoms with E-state index in [1.165, 1.54) is 0 Å². The molecule has 1 aliphatic rings. The van der Waals surface area contributed by atoms with Crippen molar-refractivity contribution in [3.8, 4) is 0 Å². The molecule has 1 aromatic heterocycles. The number of aromatic amines is 1. The van der Waals surface area contributed by atoms with Crippen LogP contribution in [-0.2, 0) is 6.42 Å². The fourth-order valence-electron chi connectivity index (χ4n) is 2.96. The third kappa shape index (κ3) is 3.23. The van der Waals surface area contributed by atoms with Gasteiger partial charge in [-0.15, -0.1) is 0 Å². The molecule has 0 aliphatic heterocycles. The lowest BCUT2D eigenvalue weighted by Crippen LogP contribution is -2.30. The van der Waals surface area contributed by atoms with Gasteiger partial charge in [0.15, 0.2) is 0 Å². The van der Waals surface area contributed by atoms with Gasteiger partial charge in [0, 0.05) is 24.3 Å². The van der Waals surface area contributed by atoms with Crippen molar-refractivity contribution in [3.05, 3.63) is 69.6 Å². The molecule has 21 heavy (non-hydrogen) atoms. The molecule has 2 aromatic rings. The fraction of sp³-hybridized carbons (Fsp3) is 0.353. The van der Waals surface area contributed by atoms with Crippen LogP contribution in [0.25, 0.3) is 0 Å². The Morgan fingerprint density at radius 3 is 2.86 bits per heavy atom. The minimum Gasteiger partial charge on any atom is -0.387 e. The Bertz CT molecular complexity index is 651. The second kappa shape index (κ2) is 6.24. The van der Waals surface area contributed by atoms with E-state index in [0.717, 1.165) is 36.1 Å². The zero-order valence-corrected chi connectivity index (χ0v) is 11.9. The quantitative estimate of drug-likeness (QED) is 0.805. The number of fused-ring (bicyclic) bond motifs is 1. The lowest BCUT2D eigenvalue weighted by Gasteiger charge is -2.27. The van der Waals surface area contributed by atoms with Crippen molar-refractivity contribution < 1.29 is 5.11 Å². The first-order valence-electron chi connectivity index (χ1n) is 7.42. The Labute approximate surface area is 123 Å². The van der Waals surface area contributed by atoms with Gasteiger partial charge in [0.2, 0.25) is 5.56 Å². The summed E-state index contributed by atoms with van der Waals surface area (Å²) < 4.78 is 0. The lowest BCUT2D eigenvalue weighted by atomic mass is 9.91. The number of nitrogens with one attached hydrogen (secondary N) is 2. The van der Waals surface area contributed by atoms with Gasteiger partial charge in [0.1, 0.15) is 0 Å². The lowest BCUT2D eigenvalue weighted by molar-refractivity contribution is 0.168. The van der Waals surface area contributed by atoms with Crippen LogP contribution in [0.15, 0.2) is 47.3 Å². The zero-order chi connectivity index (χ0) is 14.7. The van der Waals surface area contributed by atoms with Crippen LogP contribution in [0.5, 0.6) is 0 Å². The molecule has 110 valence electrons. The van der Waals surface area contributed by atoms with Gasteiger partial charge in [0.25, 0.3) is 0 Å². The first kappa shape index (κ1) is 14.0. The van der Waals surface area contributed by atoms with Crippen LogP contribution >= 0.6 is 0 Å². The molecule has 4 nitrogen and oxygen atoms in total. The molecular formula is C17H20N2O2. The molecule has 1 aromatic carbocycles. The highest BCUT2D eigenvalue weighted by Gasteiger charge is 2.21. The maximum Gasteiger partial charge on any atom is 0.248 e. The molecule has 1 aliphatic carbocycles. The van der Waals surface area contributed by atoms with E-state index in [4.69, 9.17) is 0 Å². The summed E-state index contributed by atoms with van der Waals surface area (Å²) in [5, 5.41) is 13.6. The Morgan fingerprint density at radius 1 is 1.24 bits per heavy atom. The van der Waals surface area contributed by atoms with Crippen molar-refractivity contribution in [2.75, 3.05) is 6.54 Å². The summed E-state index contributed by atoms with van der Waals surface area (Å²) in [6.07, 6.45) is 2.48. The summed E-state index contributed by atoms with van der Waals surface area (Å²) in [5.74, 6) is 0. The first-order valence-corrected chi connectivity index (χ1v) is 7.42. The molecule has 0 saturated carbocycles. The second-order valence-electron chi connectivity index (χ2n) is 5.54. The molecular weight excluding hydrogens is 264 g/mol. The number of aromatic nitrogens is 1. The van der Waals surface area contributed by atoms with Gasteiger partial charge in [-0.25, -0.2) is 0 Å². The number of aliphatic hydroxyl groups excluding tert-OH is 1. The summed E-state index contributed by atoms with van der Waals surface area (Å²) in [6.45, 7) is 0.507. The highest BCUT2D eigenvalue weighted by molar-refractivity contribution is 5.26. The maximum atomic E-state index is 11.4. The molecule has 2 unspecified atom stereocenters. The Morgan fingerprint density at radius 2 is 2.05 bits per heavy atom. The van der Waals surface area contributed by atoms with Gasteiger partial charge in [-0.05, 0) is 30.4 Å². The zero-order valence-electron chi connectivity index (χ0n) is 11.9. The number of benzene rings is 1. The van der Waals surface area contributed by atoms with Crippen LogP contribution in [0.1, 0.15) is 41.8 Å². The first-order chi connectivity index (χ1) is 10.2. The number of rotatable bonds is 4. The van der Waals surface area contributed by atoms with Crippen molar-refractivity contribution in [2.24, 2.45) is 0 Å². The normalized spacial score (nSPS) is 19.0. The molecule has 0 spiro atoms. The van der Waals surface area contributed by atoms with Crippen molar-refractivity contribution in [1.82, 2.24) is 10.3 Å². The molecule has 0 saturated heterocycles. The molecule has 1 heterocycles. The van der Waals surface area contributed by atoms with E-state index in [1.807, 2.05) is 36.4 Å². The van der Waals surface area contributed by atoms with E-state index in [9.17, 15) is 9.90 Å². The average Bonchev–Trinajstić information content (AvgIpc) is 2.53. The number of hydrogen-bond acceptors (Lipinski definition) is 3. The highest BCUT2D eigenvalue weighted by atomic mass is 16.3. The molecule has 0 amide bonds. The van der Waals surface area contributed by atoms with Crippen LogP contribution in [0.4, 0.5) is 0 Å². The SMILES string of the molecule is O=c1ccc2c([nH]1)CCCC2NCC(O)c1ccccc1. The summed E-state index contributed by atoms with van der Waals surface area (Å²) in [5.41, 5.74) is 3.06. The summed E-state index contributed by atoms with van der Waals surface area (Å²) in [4.78, 5) is 14.3. The van der Waals surface area contributed by atoms with E-state index in [-0.39, 0.29) is 11.6 Å². The number of hydrogen-bond donors (Lipinski definition) is 3. The number of aliphatic hydroxyl groups is 1. The highest BCUT2D eigenvalue weighted by Crippen LogP contribution is 2.27. The largest absolute Gasteiger partial charge is 0.387 e. The van der Waals surface area contributed by atoms with Crippen LogP contribution in [0.3, 0.4) is 0 Å². The minimum absolute atomic E-state index is 0.0429. The predicted molar refractivity (Wildman–Crippen MR) is 82.1 cm³/mol. The van der Waals surface area contributed by atoms with Crippen LogP contribution in [0, 0.1) is 0 Å². The molecule has 0 bridgehead atoms. The number of pyridine rings is 1. The van der Waals surface area contributed by atoms with E-state index >= 15 is 0 Å². The summed E-state index contributed by atoms with van der Waals surface area (Å²) in [6, 6.07) is 13.3. The van der Waals surface area contributed by atoms with E-state index in [0.29, 0.717) is 6.54 Å². The van der Waals surface area contributed by atoms with E-state index in [1.54, 1.807) is 6.07 Å². The molecule has 3 rings (SSSR count). The van der Waals surface area contributed by atoms with Crippen LogP contribution in [-0.4, -0.2) is 16.6 Å². The van der Waals surface area contributed by atoms with E-state index in [2.05, 4.69) is 10.3 Å². The monoisotopic (exact) mass is 284 g/mol. The Kier molecular flexibility index (Phi) is 4.18. The Hall–Kier alpha value is -1.91. The molecule has 0 fully saturated rings. The summed E-state index contributed by atoms with van der Waals surface area (Å²) in [7, 11) is 0. The van der Waals surface area contributed by atoms with Crippen molar-refractivity contribution in [3.63, 3.8) is 0 Å². The van der Waals surface area contributed by atoms with Crippen LogP contribution < -0.4 is 10.9 Å². The van der Waals surface area contributed by atoms with Gasteiger partial charge in [0.05, 0.1) is 6.10 Å². The fourth-order valence-corrected chi connectivity index (χ4v) is 2.96. The molecule has 0 radical (unpaired) electrons. The van der Waals surface area contributed by atoms with Gasteiger partial charge < -0.3 is 15.4 Å². The van der Waals surface area contributed by atoms with Crippen molar-refractivity contribution in [1.29, 1.82) is 0 Å². The van der Waals surface area contributed by atoms with Crippen molar-refractivity contribution in [2.45, 2.75) is 31.4 Å². The summed E-state index contributed by atoms with van der Waals surface area (Å²) >= 11 is 0. The molecule has 3 N–H and O–H groups in total. The van der Waals surface area contributed by atoms with Gasteiger partial charge in [-0.2, -0.15) is 0 Å². The van der Waals surface area contributed by atoms with Crippen molar-refractivity contribution >= 4 is 0 Å². The third-order valence-electron chi connectivity index (χ3n) is 4.07. The maximum absolute atomic E-state index is 11.4. The average molecular weight is 284 g/mol. The molecule has 4 heteroatoms. The van der Waals surface area contributed by atoms with Gasteiger partial charge in [-0.3, -0.25) is 4.79 Å². The second-order valence-corrected chi connectivity index (χ2v) is 5.54. The smallest absolute Gasteiger partial charge is 0.248 e. The topological polar surface area (TPSA) is 65.1 Å². The number of H-pyrrole nitrogens is 1. The van der Waals surface area contributed by atoms with Gasteiger partial charge >= 0.3 is 0 Å². The molecule has 2 atom stereocenters. The number of aryl methyl sites for hydroxylation is 1. The van der Waals surface area contributed by atoms with Gasteiger partial charge in [-0.1, -0.05) is 36.4 Å². The standard InChI is InChI=1S/C17H20N2O2/c20-16(12-5-2-1-3-6-12)11-18-14-7-4-8-15-13(14)9-10-17(21)19-15/h1-3,5-6,9-10,14,16,18,20H,4,7-8,11H2,(H,19,21).